The summed E-state index contributed by atoms with van der Waals surface area (Å²) in [5.41, 5.74) is 5.60. The van der Waals surface area contributed by atoms with E-state index in [2.05, 4.69) is 28.7 Å². The second-order valence-corrected chi connectivity index (χ2v) is 5.15. The van der Waals surface area contributed by atoms with Crippen molar-refractivity contribution in [3.63, 3.8) is 0 Å². The normalized spacial score (nSPS) is 25.8. The van der Waals surface area contributed by atoms with Gasteiger partial charge in [-0.2, -0.15) is 4.98 Å². The first-order valence-electron chi connectivity index (χ1n) is 5.59. The maximum Gasteiger partial charge on any atom is 0.223 e. The van der Waals surface area contributed by atoms with E-state index in [4.69, 9.17) is 17.3 Å². The number of hydrogen-bond acceptors (Lipinski definition) is 4. The summed E-state index contributed by atoms with van der Waals surface area (Å²) >= 11 is 5.88. The number of aromatic nitrogens is 2. The Bertz CT molecular complexity index is 352. The third kappa shape index (κ3) is 2.55. The van der Waals surface area contributed by atoms with Gasteiger partial charge in [0.1, 0.15) is 11.0 Å². The van der Waals surface area contributed by atoms with Crippen molar-refractivity contribution in [2.24, 2.45) is 11.8 Å². The van der Waals surface area contributed by atoms with Gasteiger partial charge >= 0.3 is 0 Å². The predicted molar refractivity (Wildman–Crippen MR) is 66.6 cm³/mol. The van der Waals surface area contributed by atoms with Crippen molar-refractivity contribution >= 4 is 23.4 Å². The van der Waals surface area contributed by atoms with Crippen LogP contribution in [-0.2, 0) is 0 Å². The molecule has 0 amide bonds. The van der Waals surface area contributed by atoms with E-state index in [9.17, 15) is 0 Å². The molecular weight excluding hydrogens is 224 g/mol. The van der Waals surface area contributed by atoms with Crippen molar-refractivity contribution in [2.45, 2.75) is 20.3 Å². The standard InChI is InChI=1S/C11H17ClN4/c1-7-3-8(2)6-16(5-7)10-4-9(12)14-11(13)15-10/h4,7-8H,3,5-6H2,1-2H3,(H2,13,14,15). The summed E-state index contributed by atoms with van der Waals surface area (Å²) < 4.78 is 0. The average Bonchev–Trinajstić information content (AvgIpc) is 2.14. The van der Waals surface area contributed by atoms with Crippen molar-refractivity contribution in [3.8, 4) is 0 Å². The van der Waals surface area contributed by atoms with Crippen LogP contribution < -0.4 is 10.6 Å². The Morgan fingerprint density at radius 1 is 1.31 bits per heavy atom. The molecule has 1 aliphatic rings. The third-order valence-corrected chi connectivity index (χ3v) is 3.09. The molecule has 88 valence electrons. The molecule has 1 fully saturated rings. The highest BCUT2D eigenvalue weighted by Crippen LogP contribution is 2.26. The number of rotatable bonds is 1. The molecule has 2 atom stereocenters. The van der Waals surface area contributed by atoms with Gasteiger partial charge in [0.05, 0.1) is 0 Å². The highest BCUT2D eigenvalue weighted by molar-refractivity contribution is 6.29. The maximum absolute atomic E-state index is 5.88. The summed E-state index contributed by atoms with van der Waals surface area (Å²) in [6, 6.07) is 1.78. The van der Waals surface area contributed by atoms with E-state index < -0.39 is 0 Å². The molecule has 4 nitrogen and oxygen atoms in total. The van der Waals surface area contributed by atoms with E-state index in [1.165, 1.54) is 6.42 Å². The SMILES string of the molecule is CC1CC(C)CN(c2cc(Cl)nc(N)n2)C1. The fourth-order valence-electron chi connectivity index (χ4n) is 2.43. The molecule has 2 heterocycles. The summed E-state index contributed by atoms with van der Waals surface area (Å²) in [5.74, 6) is 2.45. The Hall–Kier alpha value is -1.03. The van der Waals surface area contributed by atoms with Gasteiger partial charge in [0.15, 0.2) is 0 Å². The van der Waals surface area contributed by atoms with Crippen LogP contribution in [0.4, 0.5) is 11.8 Å². The van der Waals surface area contributed by atoms with Crippen molar-refractivity contribution in [1.82, 2.24) is 9.97 Å². The van der Waals surface area contributed by atoms with Gasteiger partial charge in [-0.15, -0.1) is 0 Å². The Morgan fingerprint density at radius 2 is 1.94 bits per heavy atom. The fourth-order valence-corrected chi connectivity index (χ4v) is 2.62. The minimum Gasteiger partial charge on any atom is -0.368 e. The van der Waals surface area contributed by atoms with Gasteiger partial charge in [-0.05, 0) is 18.3 Å². The van der Waals surface area contributed by atoms with Crippen LogP contribution in [0.2, 0.25) is 5.15 Å². The number of hydrogen-bond donors (Lipinski definition) is 1. The van der Waals surface area contributed by atoms with Crippen LogP contribution >= 0.6 is 11.6 Å². The molecule has 2 rings (SSSR count). The first-order chi connectivity index (χ1) is 7.54. The molecule has 2 N–H and O–H groups in total. The summed E-state index contributed by atoms with van der Waals surface area (Å²) in [5, 5.41) is 0.411. The average molecular weight is 241 g/mol. The first-order valence-corrected chi connectivity index (χ1v) is 5.97. The Kier molecular flexibility index (Phi) is 3.19. The monoisotopic (exact) mass is 240 g/mol. The lowest BCUT2D eigenvalue weighted by atomic mass is 9.92. The van der Waals surface area contributed by atoms with Crippen molar-refractivity contribution in [1.29, 1.82) is 0 Å². The molecule has 16 heavy (non-hydrogen) atoms. The molecule has 0 radical (unpaired) electrons. The summed E-state index contributed by atoms with van der Waals surface area (Å²) in [4.78, 5) is 10.3. The molecule has 1 aromatic heterocycles. The zero-order valence-electron chi connectivity index (χ0n) is 9.65. The Morgan fingerprint density at radius 3 is 2.50 bits per heavy atom. The third-order valence-electron chi connectivity index (χ3n) is 2.89. The molecule has 0 aromatic carbocycles. The van der Waals surface area contributed by atoms with Gasteiger partial charge in [-0.1, -0.05) is 25.4 Å². The Balaban J connectivity index is 2.22. The molecule has 0 saturated carbocycles. The second-order valence-electron chi connectivity index (χ2n) is 4.76. The summed E-state index contributed by atoms with van der Waals surface area (Å²) in [7, 11) is 0. The fraction of sp³-hybridized carbons (Fsp3) is 0.636. The van der Waals surface area contributed by atoms with Crippen molar-refractivity contribution in [3.05, 3.63) is 11.2 Å². The van der Waals surface area contributed by atoms with Gasteiger partial charge in [-0.25, -0.2) is 4.98 Å². The molecule has 0 aliphatic carbocycles. The lowest BCUT2D eigenvalue weighted by Crippen LogP contribution is -2.39. The van der Waals surface area contributed by atoms with Crippen LogP contribution in [0.5, 0.6) is 0 Å². The van der Waals surface area contributed by atoms with E-state index in [1.807, 2.05) is 0 Å². The van der Waals surface area contributed by atoms with Crippen LogP contribution in [0, 0.1) is 11.8 Å². The number of nitrogens with two attached hydrogens (primary N) is 1. The number of nitrogen functional groups attached to an aromatic ring is 1. The minimum atomic E-state index is 0.244. The molecular formula is C11H17ClN4. The largest absolute Gasteiger partial charge is 0.368 e. The van der Waals surface area contributed by atoms with Crippen molar-refractivity contribution < 1.29 is 0 Å². The van der Waals surface area contributed by atoms with Crippen LogP contribution in [-0.4, -0.2) is 23.1 Å². The van der Waals surface area contributed by atoms with E-state index >= 15 is 0 Å². The maximum atomic E-state index is 5.88. The highest BCUT2D eigenvalue weighted by atomic mass is 35.5. The van der Waals surface area contributed by atoms with E-state index in [-0.39, 0.29) is 5.95 Å². The van der Waals surface area contributed by atoms with Gasteiger partial charge in [-0.3, -0.25) is 0 Å². The molecule has 1 aliphatic heterocycles. The van der Waals surface area contributed by atoms with Crippen LogP contribution in [0.3, 0.4) is 0 Å². The molecule has 2 unspecified atom stereocenters. The number of halogens is 1. The lowest BCUT2D eigenvalue weighted by molar-refractivity contribution is 0.355. The zero-order chi connectivity index (χ0) is 11.7. The van der Waals surface area contributed by atoms with Gasteiger partial charge in [0.25, 0.3) is 0 Å². The van der Waals surface area contributed by atoms with Crippen LogP contribution in [0.15, 0.2) is 6.07 Å². The van der Waals surface area contributed by atoms with Gasteiger partial charge < -0.3 is 10.6 Å². The first kappa shape index (κ1) is 11.5. The quantitative estimate of drug-likeness (QED) is 0.765. The molecule has 0 spiro atoms. The summed E-state index contributed by atoms with van der Waals surface area (Å²) in [6.45, 7) is 6.54. The molecule has 1 aromatic rings. The molecule has 0 bridgehead atoms. The predicted octanol–water partition coefficient (Wildman–Crippen LogP) is 2.19. The number of anilines is 2. The van der Waals surface area contributed by atoms with Gasteiger partial charge in [0, 0.05) is 19.2 Å². The minimum absolute atomic E-state index is 0.244. The van der Waals surface area contributed by atoms with Gasteiger partial charge in [0.2, 0.25) is 5.95 Å². The Labute approximate surface area is 101 Å². The van der Waals surface area contributed by atoms with E-state index in [0.29, 0.717) is 17.0 Å². The number of nitrogens with zero attached hydrogens (tertiary/aromatic N) is 3. The van der Waals surface area contributed by atoms with Crippen LogP contribution in [0.25, 0.3) is 0 Å². The smallest absolute Gasteiger partial charge is 0.223 e. The highest BCUT2D eigenvalue weighted by Gasteiger charge is 2.23. The van der Waals surface area contributed by atoms with Crippen LogP contribution in [0.1, 0.15) is 20.3 Å². The number of piperidine rings is 1. The lowest BCUT2D eigenvalue weighted by Gasteiger charge is -2.35. The van der Waals surface area contributed by atoms with Crippen molar-refractivity contribution in [2.75, 3.05) is 23.7 Å². The molecule has 5 heteroatoms. The van der Waals surface area contributed by atoms with E-state index in [0.717, 1.165) is 18.9 Å². The topological polar surface area (TPSA) is 55.0 Å². The second kappa shape index (κ2) is 4.45. The van der Waals surface area contributed by atoms with E-state index in [1.54, 1.807) is 6.07 Å². The zero-order valence-corrected chi connectivity index (χ0v) is 10.4. The summed E-state index contributed by atoms with van der Waals surface area (Å²) in [6.07, 6.45) is 1.27. The molecule has 1 saturated heterocycles.